The van der Waals surface area contributed by atoms with Crippen molar-refractivity contribution in [3.8, 4) is 5.75 Å². The number of hydrazine groups is 1. The van der Waals surface area contributed by atoms with E-state index in [-0.39, 0.29) is 28.4 Å². The second-order valence-corrected chi connectivity index (χ2v) is 5.33. The third-order valence-corrected chi connectivity index (χ3v) is 3.44. The number of nitrogens with one attached hydrogen (secondary N) is 2. The Labute approximate surface area is 139 Å². The zero-order valence-electron chi connectivity index (χ0n) is 13.6. The number of hydrogen-bond acceptors (Lipinski definition) is 7. The van der Waals surface area contributed by atoms with Crippen molar-refractivity contribution in [2.75, 3.05) is 31.4 Å². The number of anilines is 3. The van der Waals surface area contributed by atoms with Gasteiger partial charge in [-0.25, -0.2) is 0 Å². The molecule has 24 heavy (non-hydrogen) atoms. The van der Waals surface area contributed by atoms with Crippen LogP contribution in [0.15, 0.2) is 27.8 Å². The van der Waals surface area contributed by atoms with Gasteiger partial charge >= 0.3 is 0 Å². The second-order valence-electron chi connectivity index (χ2n) is 5.33. The number of carbonyl (C=O) groups excluding carboxylic acids is 1. The molecule has 0 atom stereocenters. The van der Waals surface area contributed by atoms with Crippen LogP contribution in [0.5, 0.6) is 5.75 Å². The van der Waals surface area contributed by atoms with Crippen molar-refractivity contribution in [2.24, 2.45) is 0 Å². The monoisotopic (exact) mass is 328 g/mol. The largest absolute Gasteiger partial charge is 0.505 e. The van der Waals surface area contributed by atoms with Crippen LogP contribution in [0.4, 0.5) is 17.1 Å². The summed E-state index contributed by atoms with van der Waals surface area (Å²) in [5.74, 6) is -0.700. The molecule has 2 aromatic rings. The number of aromatic hydroxyl groups is 1. The van der Waals surface area contributed by atoms with E-state index >= 15 is 0 Å². The molecule has 0 unspecified atom stereocenters. The smallest absolute Gasteiger partial charge is 0.257 e. The molecule has 8 nitrogen and oxygen atoms in total. The topological polar surface area (TPSA) is 102 Å². The van der Waals surface area contributed by atoms with Crippen molar-refractivity contribution in [2.45, 2.75) is 6.92 Å². The van der Waals surface area contributed by atoms with Crippen molar-refractivity contribution in [3.05, 3.63) is 44.2 Å². The van der Waals surface area contributed by atoms with Gasteiger partial charge in [0.25, 0.3) is 16.8 Å². The summed E-state index contributed by atoms with van der Waals surface area (Å²) >= 11 is 0. The lowest BCUT2D eigenvalue weighted by Gasteiger charge is -2.22. The molecule has 0 bridgehead atoms. The first kappa shape index (κ1) is 17.5. The summed E-state index contributed by atoms with van der Waals surface area (Å²) in [7, 11) is 8.68. The summed E-state index contributed by atoms with van der Waals surface area (Å²) in [5.41, 5.74) is 1.36. The van der Waals surface area contributed by atoms with Gasteiger partial charge in [0.15, 0.2) is 5.75 Å². The average Bonchev–Trinajstić information content (AvgIpc) is 2.57. The summed E-state index contributed by atoms with van der Waals surface area (Å²) < 4.78 is 0. The minimum atomic E-state index is -0.731. The number of phenolic OH excluding ortho intramolecular Hbond substituents is 1. The molecular weight excluding hydrogens is 311 g/mol. The van der Waals surface area contributed by atoms with Crippen LogP contribution >= 0.6 is 0 Å². The van der Waals surface area contributed by atoms with Crippen molar-refractivity contribution < 1.29 is 9.90 Å². The Morgan fingerprint density at radius 1 is 1.21 bits per heavy atom. The van der Waals surface area contributed by atoms with E-state index in [1.165, 1.54) is 17.0 Å². The molecule has 0 saturated heterocycles. The van der Waals surface area contributed by atoms with E-state index < -0.39 is 16.8 Å². The molecule has 3 N–H and O–H groups in total. The maximum absolute atomic E-state index is 12.0. The normalized spacial score (nSPS) is 10.8. The predicted molar refractivity (Wildman–Crippen MR) is 92.5 cm³/mol. The van der Waals surface area contributed by atoms with E-state index in [0.29, 0.717) is 6.54 Å². The molecule has 2 aromatic carbocycles. The van der Waals surface area contributed by atoms with Crippen molar-refractivity contribution in [1.29, 1.82) is 0 Å². The van der Waals surface area contributed by atoms with Gasteiger partial charge < -0.3 is 20.7 Å². The van der Waals surface area contributed by atoms with E-state index in [2.05, 4.69) is 10.7 Å². The molecule has 0 aliphatic carbocycles. The quantitative estimate of drug-likeness (QED) is 0.301. The molecule has 0 fully saturated rings. The van der Waals surface area contributed by atoms with Gasteiger partial charge in [0, 0.05) is 20.6 Å². The molecule has 2 radical (unpaired) electrons. The number of phenols is 1. The van der Waals surface area contributed by atoms with Gasteiger partial charge in [-0.15, -0.1) is 0 Å². The van der Waals surface area contributed by atoms with E-state index in [4.69, 9.17) is 7.98 Å². The van der Waals surface area contributed by atoms with Crippen molar-refractivity contribution in [3.63, 3.8) is 0 Å². The van der Waals surface area contributed by atoms with Gasteiger partial charge in [-0.1, -0.05) is 13.0 Å². The summed E-state index contributed by atoms with van der Waals surface area (Å²) in [6.45, 7) is 2.16. The Morgan fingerprint density at radius 3 is 2.42 bits per heavy atom. The first-order chi connectivity index (χ1) is 11.3. The summed E-state index contributed by atoms with van der Waals surface area (Å²) in [5, 5.41) is 12.9. The lowest BCUT2D eigenvalue weighted by atomic mass is 10.1. The van der Waals surface area contributed by atoms with Gasteiger partial charge in [0.05, 0.1) is 11.3 Å². The number of benzene rings is 1. The highest BCUT2D eigenvalue weighted by molar-refractivity contribution is 6.05. The molecule has 0 saturated carbocycles. The molecule has 9 heteroatoms. The number of carbonyl (C=O) groups is 1. The van der Waals surface area contributed by atoms with Crippen LogP contribution in [-0.2, 0) is 0 Å². The molecule has 2 rings (SSSR count). The van der Waals surface area contributed by atoms with Crippen LogP contribution in [0.25, 0.3) is 0 Å². The zero-order chi connectivity index (χ0) is 18.0. The zero-order valence-corrected chi connectivity index (χ0v) is 13.6. The Kier molecular flexibility index (Phi) is 4.94. The molecule has 0 aliphatic heterocycles. The summed E-state index contributed by atoms with van der Waals surface area (Å²) in [6.07, 6.45) is 0. The average molecular weight is 328 g/mol. The Hall–Kier alpha value is -2.81. The fraction of sp³-hybridized carbons (Fsp3) is 0.267. The highest BCUT2D eigenvalue weighted by Gasteiger charge is 2.24. The van der Waals surface area contributed by atoms with Crippen LogP contribution in [0.1, 0.15) is 17.3 Å². The van der Waals surface area contributed by atoms with Crippen LogP contribution < -0.4 is 21.6 Å². The first-order valence-electron chi connectivity index (χ1n) is 7.20. The highest BCUT2D eigenvalue weighted by atomic mass is 16.3. The molecule has 0 aromatic heterocycles. The fourth-order valence-electron chi connectivity index (χ4n) is 2.03. The maximum Gasteiger partial charge on any atom is 0.257 e. The second kappa shape index (κ2) is 6.75. The Balaban J connectivity index is 2.35. The van der Waals surface area contributed by atoms with Crippen LogP contribution in [0, 0.1) is 0 Å². The van der Waals surface area contributed by atoms with Gasteiger partial charge in [-0.2, -0.15) is 0 Å². The maximum atomic E-state index is 12.0. The number of para-hydroxylation sites is 1. The highest BCUT2D eigenvalue weighted by Crippen LogP contribution is 2.31. The van der Waals surface area contributed by atoms with E-state index in [1.54, 1.807) is 27.1 Å². The number of rotatable bonds is 6. The van der Waals surface area contributed by atoms with Crippen molar-refractivity contribution >= 4 is 31.0 Å². The Bertz CT molecular complexity index is 843. The Morgan fingerprint density at radius 2 is 1.83 bits per heavy atom. The molecule has 1 amide bonds. The third kappa shape index (κ3) is 3.11. The lowest BCUT2D eigenvalue weighted by Crippen LogP contribution is -2.41. The standard InChI is InChI=1S/C15H17BN4O4/c1-4-20(16)18-11-10(13(22)14(11)23)17-9-7-5-6-8(12(9)21)15(24)19(2)3/h5-7,17-18,21H,4H2,1-3H3. The predicted octanol–water partition coefficient (Wildman–Crippen LogP) is 0.166. The van der Waals surface area contributed by atoms with E-state index in [0.717, 1.165) is 4.92 Å². The molecule has 0 heterocycles. The van der Waals surface area contributed by atoms with Crippen LogP contribution in [-0.4, -0.2) is 49.5 Å². The lowest BCUT2D eigenvalue weighted by molar-refractivity contribution is 0.0825. The molecule has 124 valence electrons. The SMILES string of the molecule is [B]N(CC)Nc1c(Nc2cccc(C(=O)N(C)C)c2O)c(=O)c1=O. The minimum absolute atomic E-state index is 0.00749. The van der Waals surface area contributed by atoms with E-state index in [9.17, 15) is 19.5 Å². The minimum Gasteiger partial charge on any atom is -0.505 e. The number of hydrogen-bond donors (Lipinski definition) is 3. The first-order valence-corrected chi connectivity index (χ1v) is 7.20. The van der Waals surface area contributed by atoms with Crippen LogP contribution in [0.2, 0.25) is 0 Å². The van der Waals surface area contributed by atoms with Crippen molar-refractivity contribution in [1.82, 2.24) is 9.82 Å². The molecular formula is C15H17BN4O4. The summed E-state index contributed by atoms with van der Waals surface area (Å²) in [4.78, 5) is 37.9. The van der Waals surface area contributed by atoms with Gasteiger partial charge in [0.2, 0.25) is 7.98 Å². The van der Waals surface area contributed by atoms with Gasteiger partial charge in [-0.05, 0) is 12.1 Å². The van der Waals surface area contributed by atoms with Crippen LogP contribution in [0.3, 0.4) is 0 Å². The third-order valence-electron chi connectivity index (χ3n) is 3.44. The van der Waals surface area contributed by atoms with E-state index in [1.807, 2.05) is 0 Å². The number of amides is 1. The molecule has 0 spiro atoms. The fourth-order valence-corrected chi connectivity index (χ4v) is 2.03. The number of nitrogens with zero attached hydrogens (tertiary/aromatic N) is 2. The molecule has 0 aliphatic rings. The van der Waals surface area contributed by atoms with Gasteiger partial charge in [-0.3, -0.25) is 19.3 Å². The van der Waals surface area contributed by atoms with Gasteiger partial charge in [0.1, 0.15) is 11.4 Å². The summed E-state index contributed by atoms with van der Waals surface area (Å²) in [6, 6.07) is 4.50.